The van der Waals surface area contributed by atoms with E-state index in [0.717, 1.165) is 54.7 Å². The highest BCUT2D eigenvalue weighted by Gasteiger charge is 2.21. The zero-order chi connectivity index (χ0) is 24.6. The monoisotopic (exact) mass is 489 g/mol. The third kappa shape index (κ3) is 4.76. The second-order valence-electron chi connectivity index (χ2n) is 9.60. The molecule has 2 aromatic carbocycles. The molecule has 182 valence electrons. The number of hydrogen-bond acceptors (Lipinski definition) is 5. The SMILES string of the molecule is Cc1ccc(S(=O)(=O)n2ccc3cc(-c4ccc(C5CCOCC5)c(CN(C)C)c4)cnc32)cc1. The van der Waals surface area contributed by atoms with Crippen LogP contribution in [0.25, 0.3) is 22.2 Å². The fourth-order valence-electron chi connectivity index (χ4n) is 4.85. The van der Waals surface area contributed by atoms with Gasteiger partial charge in [0.05, 0.1) is 4.90 Å². The summed E-state index contributed by atoms with van der Waals surface area (Å²) < 4.78 is 33.3. The molecular weight excluding hydrogens is 458 g/mol. The van der Waals surface area contributed by atoms with Crippen molar-refractivity contribution < 1.29 is 13.2 Å². The van der Waals surface area contributed by atoms with E-state index in [1.54, 1.807) is 36.7 Å². The molecule has 1 saturated heterocycles. The van der Waals surface area contributed by atoms with Crippen LogP contribution in [-0.2, 0) is 21.3 Å². The summed E-state index contributed by atoms with van der Waals surface area (Å²) in [5.74, 6) is 0.523. The van der Waals surface area contributed by atoms with Crippen molar-refractivity contribution in [3.05, 3.63) is 83.7 Å². The van der Waals surface area contributed by atoms with Crippen molar-refractivity contribution in [3.63, 3.8) is 0 Å². The average molecular weight is 490 g/mol. The van der Waals surface area contributed by atoms with Gasteiger partial charge in [0.1, 0.15) is 0 Å². The zero-order valence-corrected chi connectivity index (χ0v) is 21.3. The molecule has 2 aromatic heterocycles. The Morgan fingerprint density at radius 1 is 1.00 bits per heavy atom. The summed E-state index contributed by atoms with van der Waals surface area (Å²) in [4.78, 5) is 7.03. The Kier molecular flexibility index (Phi) is 6.49. The fraction of sp³-hybridized carbons (Fsp3) is 0.321. The molecule has 0 aliphatic carbocycles. The summed E-state index contributed by atoms with van der Waals surface area (Å²) in [6.07, 6.45) is 5.46. The Bertz CT molecular complexity index is 1450. The number of pyridine rings is 1. The number of hydrogen-bond donors (Lipinski definition) is 0. The molecular formula is C28H31N3O3S. The maximum atomic E-state index is 13.2. The molecule has 0 spiro atoms. The van der Waals surface area contributed by atoms with Crippen molar-refractivity contribution in [1.82, 2.24) is 13.9 Å². The van der Waals surface area contributed by atoms with Crippen LogP contribution in [0, 0.1) is 6.92 Å². The molecule has 1 aliphatic rings. The third-order valence-corrected chi connectivity index (χ3v) is 8.38. The Balaban J connectivity index is 1.51. The molecule has 0 unspecified atom stereocenters. The van der Waals surface area contributed by atoms with E-state index < -0.39 is 10.0 Å². The van der Waals surface area contributed by atoms with Crippen molar-refractivity contribution in [2.24, 2.45) is 0 Å². The van der Waals surface area contributed by atoms with Crippen LogP contribution in [0.5, 0.6) is 0 Å². The molecule has 1 aliphatic heterocycles. The summed E-state index contributed by atoms with van der Waals surface area (Å²) in [5, 5.41) is 0.792. The van der Waals surface area contributed by atoms with Gasteiger partial charge >= 0.3 is 0 Å². The molecule has 4 aromatic rings. The van der Waals surface area contributed by atoms with Crippen molar-refractivity contribution in [1.29, 1.82) is 0 Å². The number of benzene rings is 2. The Labute approximate surface area is 207 Å². The van der Waals surface area contributed by atoms with Crippen LogP contribution in [0.2, 0.25) is 0 Å². The van der Waals surface area contributed by atoms with E-state index in [-0.39, 0.29) is 4.90 Å². The second kappa shape index (κ2) is 9.57. The Hall–Kier alpha value is -3.00. The maximum Gasteiger partial charge on any atom is 0.269 e. The third-order valence-electron chi connectivity index (χ3n) is 6.70. The van der Waals surface area contributed by atoms with Gasteiger partial charge in [-0.25, -0.2) is 17.4 Å². The lowest BCUT2D eigenvalue weighted by Gasteiger charge is -2.26. The summed E-state index contributed by atoms with van der Waals surface area (Å²) in [5.41, 5.74) is 6.22. The minimum atomic E-state index is -3.72. The smallest absolute Gasteiger partial charge is 0.269 e. The summed E-state index contributed by atoms with van der Waals surface area (Å²) in [7, 11) is 0.461. The number of aromatic nitrogens is 2. The van der Waals surface area contributed by atoms with Crippen molar-refractivity contribution >= 4 is 21.1 Å². The molecule has 0 bridgehead atoms. The van der Waals surface area contributed by atoms with Crippen molar-refractivity contribution in [3.8, 4) is 11.1 Å². The van der Waals surface area contributed by atoms with Crippen molar-refractivity contribution in [2.45, 2.75) is 37.1 Å². The number of nitrogens with zero attached hydrogens (tertiary/aromatic N) is 3. The van der Waals surface area contributed by atoms with Gasteiger partial charge in [-0.2, -0.15) is 0 Å². The molecule has 5 rings (SSSR count). The number of fused-ring (bicyclic) bond motifs is 1. The van der Waals surface area contributed by atoms with Gasteiger partial charge in [-0.05, 0) is 86.8 Å². The van der Waals surface area contributed by atoms with Gasteiger partial charge in [0.25, 0.3) is 10.0 Å². The minimum absolute atomic E-state index is 0.253. The molecule has 7 heteroatoms. The fourth-order valence-corrected chi connectivity index (χ4v) is 6.15. The first-order valence-corrected chi connectivity index (χ1v) is 13.4. The lowest BCUT2D eigenvalue weighted by atomic mass is 9.86. The van der Waals surface area contributed by atoms with E-state index in [9.17, 15) is 8.42 Å². The molecule has 1 fully saturated rings. The quantitative estimate of drug-likeness (QED) is 0.372. The highest BCUT2D eigenvalue weighted by Crippen LogP contribution is 2.33. The van der Waals surface area contributed by atoms with E-state index in [1.807, 2.05) is 19.1 Å². The summed E-state index contributed by atoms with van der Waals surface area (Å²) in [6.45, 7) is 4.43. The maximum absolute atomic E-state index is 13.2. The zero-order valence-electron chi connectivity index (χ0n) is 20.4. The summed E-state index contributed by atoms with van der Waals surface area (Å²) in [6, 6.07) is 17.4. The first kappa shape index (κ1) is 23.7. The van der Waals surface area contributed by atoms with Gasteiger partial charge in [0.15, 0.2) is 5.65 Å². The van der Waals surface area contributed by atoms with Crippen LogP contribution in [0.1, 0.15) is 35.4 Å². The van der Waals surface area contributed by atoms with E-state index >= 15 is 0 Å². The van der Waals surface area contributed by atoms with Gasteiger partial charge in [0, 0.05) is 43.1 Å². The van der Waals surface area contributed by atoms with Crippen LogP contribution >= 0.6 is 0 Å². The van der Waals surface area contributed by atoms with Gasteiger partial charge in [-0.1, -0.05) is 29.8 Å². The first-order valence-electron chi connectivity index (χ1n) is 12.0. The van der Waals surface area contributed by atoms with Crippen molar-refractivity contribution in [2.75, 3.05) is 27.3 Å². The molecule has 0 N–H and O–H groups in total. The predicted molar refractivity (Wildman–Crippen MR) is 139 cm³/mol. The van der Waals surface area contributed by atoms with Crippen LogP contribution in [0.15, 0.2) is 71.9 Å². The highest BCUT2D eigenvalue weighted by atomic mass is 32.2. The van der Waals surface area contributed by atoms with Crippen LogP contribution in [0.3, 0.4) is 0 Å². The van der Waals surface area contributed by atoms with E-state index in [0.29, 0.717) is 11.6 Å². The normalized spacial score (nSPS) is 15.2. The average Bonchev–Trinajstić information content (AvgIpc) is 3.29. The van der Waals surface area contributed by atoms with E-state index in [1.165, 1.54) is 15.1 Å². The number of ether oxygens (including phenoxy) is 1. The highest BCUT2D eigenvalue weighted by molar-refractivity contribution is 7.90. The molecule has 3 heterocycles. The largest absolute Gasteiger partial charge is 0.381 e. The van der Waals surface area contributed by atoms with E-state index in [4.69, 9.17) is 4.74 Å². The van der Waals surface area contributed by atoms with E-state index in [2.05, 4.69) is 42.2 Å². The van der Waals surface area contributed by atoms with Crippen LogP contribution in [0.4, 0.5) is 0 Å². The number of aryl methyl sites for hydroxylation is 1. The van der Waals surface area contributed by atoms with Gasteiger partial charge < -0.3 is 9.64 Å². The molecule has 0 radical (unpaired) electrons. The van der Waals surface area contributed by atoms with Crippen LogP contribution in [-0.4, -0.2) is 49.6 Å². The molecule has 6 nitrogen and oxygen atoms in total. The predicted octanol–water partition coefficient (Wildman–Crippen LogP) is 5.20. The molecule has 0 atom stereocenters. The first-order chi connectivity index (χ1) is 16.8. The molecule has 0 amide bonds. The van der Waals surface area contributed by atoms with Crippen LogP contribution < -0.4 is 0 Å². The lowest BCUT2D eigenvalue weighted by Crippen LogP contribution is -2.18. The summed E-state index contributed by atoms with van der Waals surface area (Å²) >= 11 is 0. The van der Waals surface area contributed by atoms with Gasteiger partial charge in [-0.3, -0.25) is 0 Å². The lowest BCUT2D eigenvalue weighted by molar-refractivity contribution is 0.0850. The standard InChI is InChI=1S/C28H31N3O3S/c1-20-4-7-26(8-5-20)35(32,33)31-13-10-23-17-24(18-29-28(23)31)22-6-9-27(21-11-14-34-15-12-21)25(16-22)19-30(2)3/h4-10,13,16-18,21H,11-12,14-15,19H2,1-3H3. The van der Waals surface area contributed by atoms with Gasteiger partial charge in [-0.15, -0.1) is 0 Å². The Morgan fingerprint density at radius 3 is 2.46 bits per heavy atom. The molecule has 0 saturated carbocycles. The number of rotatable bonds is 6. The topological polar surface area (TPSA) is 64.4 Å². The molecule has 35 heavy (non-hydrogen) atoms. The Morgan fingerprint density at radius 2 is 1.74 bits per heavy atom. The second-order valence-corrected chi connectivity index (χ2v) is 11.4. The van der Waals surface area contributed by atoms with Gasteiger partial charge in [0.2, 0.25) is 0 Å². The minimum Gasteiger partial charge on any atom is -0.381 e.